The molecule has 0 radical (unpaired) electrons. The quantitative estimate of drug-likeness (QED) is 0.855. The lowest BCUT2D eigenvalue weighted by molar-refractivity contribution is 0.0428. The molecule has 88 valence electrons. The van der Waals surface area contributed by atoms with Gasteiger partial charge in [-0.25, -0.2) is 4.39 Å². The van der Waals surface area contributed by atoms with Crippen LogP contribution in [0.25, 0.3) is 0 Å². The second kappa shape index (κ2) is 5.41. The van der Waals surface area contributed by atoms with Crippen molar-refractivity contribution in [2.24, 2.45) is 5.92 Å². The normalized spacial score (nSPS) is 19.6. The molecule has 1 atom stereocenters. The van der Waals surface area contributed by atoms with E-state index in [4.69, 9.17) is 4.74 Å². The molecule has 0 aromatic heterocycles. The first-order valence-corrected chi connectivity index (χ1v) is 5.77. The average Bonchev–Trinajstić information content (AvgIpc) is 2.31. The first kappa shape index (κ1) is 11.6. The smallest absolute Gasteiger partial charge is 0.128 e. The summed E-state index contributed by atoms with van der Waals surface area (Å²) < 4.78 is 18.7. The maximum atomic E-state index is 13.4. The van der Waals surface area contributed by atoms with Crippen molar-refractivity contribution in [1.82, 2.24) is 0 Å². The molecule has 16 heavy (non-hydrogen) atoms. The van der Waals surface area contributed by atoms with Gasteiger partial charge < -0.3 is 9.84 Å². The molecule has 3 heteroatoms. The Bertz CT molecular complexity index is 334. The third-order valence-corrected chi connectivity index (χ3v) is 3.16. The van der Waals surface area contributed by atoms with Crippen LogP contribution < -0.4 is 0 Å². The van der Waals surface area contributed by atoms with Crippen molar-refractivity contribution in [3.05, 3.63) is 35.6 Å². The van der Waals surface area contributed by atoms with Crippen molar-refractivity contribution in [2.75, 3.05) is 13.2 Å². The van der Waals surface area contributed by atoms with Gasteiger partial charge in [0.1, 0.15) is 5.82 Å². The topological polar surface area (TPSA) is 29.5 Å². The Balaban J connectivity index is 1.96. The monoisotopic (exact) mass is 224 g/mol. The Morgan fingerprint density at radius 2 is 2.00 bits per heavy atom. The number of benzene rings is 1. The van der Waals surface area contributed by atoms with Gasteiger partial charge in [0.2, 0.25) is 0 Å². The van der Waals surface area contributed by atoms with Gasteiger partial charge in [-0.05, 0) is 31.2 Å². The maximum Gasteiger partial charge on any atom is 0.128 e. The Hall–Kier alpha value is -0.930. The number of halogens is 1. The highest BCUT2D eigenvalue weighted by Gasteiger charge is 2.20. The minimum atomic E-state index is -0.690. The Kier molecular flexibility index (Phi) is 3.91. The van der Waals surface area contributed by atoms with Gasteiger partial charge in [-0.15, -0.1) is 0 Å². The summed E-state index contributed by atoms with van der Waals surface area (Å²) >= 11 is 0. The summed E-state index contributed by atoms with van der Waals surface area (Å²) in [4.78, 5) is 0. The molecule has 0 aliphatic carbocycles. The van der Waals surface area contributed by atoms with Crippen LogP contribution in [0.1, 0.15) is 30.9 Å². The molecule has 0 spiro atoms. The molecule has 1 heterocycles. The summed E-state index contributed by atoms with van der Waals surface area (Å²) in [5, 5.41) is 9.97. The zero-order valence-corrected chi connectivity index (χ0v) is 9.23. The van der Waals surface area contributed by atoms with Gasteiger partial charge in [-0.3, -0.25) is 0 Å². The first-order chi connectivity index (χ1) is 7.77. The number of aliphatic hydroxyl groups is 1. The molecule has 1 N–H and O–H groups in total. The molecule has 0 saturated carbocycles. The van der Waals surface area contributed by atoms with Crippen LogP contribution in [0.15, 0.2) is 24.3 Å². The molecule has 0 amide bonds. The van der Waals surface area contributed by atoms with Gasteiger partial charge >= 0.3 is 0 Å². The predicted molar refractivity (Wildman–Crippen MR) is 59.5 cm³/mol. The van der Waals surface area contributed by atoms with Crippen LogP contribution in [0.5, 0.6) is 0 Å². The van der Waals surface area contributed by atoms with Crippen molar-refractivity contribution in [2.45, 2.75) is 25.4 Å². The van der Waals surface area contributed by atoms with Crippen molar-refractivity contribution in [1.29, 1.82) is 0 Å². The van der Waals surface area contributed by atoms with E-state index in [2.05, 4.69) is 0 Å². The average molecular weight is 224 g/mol. The third-order valence-electron chi connectivity index (χ3n) is 3.16. The lowest BCUT2D eigenvalue weighted by Crippen LogP contribution is -2.18. The maximum absolute atomic E-state index is 13.4. The molecule has 1 aromatic carbocycles. The van der Waals surface area contributed by atoms with Crippen LogP contribution in [-0.2, 0) is 4.74 Å². The summed E-state index contributed by atoms with van der Waals surface area (Å²) in [6, 6.07) is 6.44. The van der Waals surface area contributed by atoms with Gasteiger partial charge in [0, 0.05) is 18.8 Å². The van der Waals surface area contributed by atoms with E-state index < -0.39 is 6.10 Å². The van der Waals surface area contributed by atoms with Crippen LogP contribution in [0.3, 0.4) is 0 Å². The highest BCUT2D eigenvalue weighted by atomic mass is 19.1. The lowest BCUT2D eigenvalue weighted by Gasteiger charge is -2.24. The van der Waals surface area contributed by atoms with Crippen molar-refractivity contribution >= 4 is 0 Å². The van der Waals surface area contributed by atoms with E-state index in [0.29, 0.717) is 17.9 Å². The molecule has 1 aliphatic heterocycles. The molecular weight excluding hydrogens is 207 g/mol. The van der Waals surface area contributed by atoms with Crippen LogP contribution in [-0.4, -0.2) is 18.3 Å². The van der Waals surface area contributed by atoms with E-state index in [1.807, 2.05) is 0 Å². The zero-order chi connectivity index (χ0) is 11.4. The molecule has 0 bridgehead atoms. The van der Waals surface area contributed by atoms with Crippen molar-refractivity contribution in [3.63, 3.8) is 0 Å². The zero-order valence-electron chi connectivity index (χ0n) is 9.23. The van der Waals surface area contributed by atoms with Crippen LogP contribution in [0, 0.1) is 11.7 Å². The summed E-state index contributed by atoms with van der Waals surface area (Å²) in [5.74, 6) is 0.130. The molecule has 1 saturated heterocycles. The van der Waals surface area contributed by atoms with E-state index in [9.17, 15) is 9.50 Å². The standard InChI is InChI=1S/C13H17FO2/c14-12-4-2-1-3-11(12)13(15)9-10-5-7-16-8-6-10/h1-4,10,13,15H,5-9H2. The van der Waals surface area contributed by atoms with Crippen LogP contribution in [0.4, 0.5) is 4.39 Å². The van der Waals surface area contributed by atoms with Gasteiger partial charge in [0.25, 0.3) is 0 Å². The summed E-state index contributed by atoms with van der Waals surface area (Å²) in [5.41, 5.74) is 0.411. The molecular formula is C13H17FO2. The van der Waals surface area contributed by atoms with Gasteiger partial charge in [-0.1, -0.05) is 18.2 Å². The highest BCUT2D eigenvalue weighted by molar-refractivity contribution is 5.19. The van der Waals surface area contributed by atoms with Gasteiger partial charge in [-0.2, -0.15) is 0 Å². The Morgan fingerprint density at radius 1 is 1.31 bits per heavy atom. The second-order valence-electron chi connectivity index (χ2n) is 4.33. The minimum Gasteiger partial charge on any atom is -0.388 e. The van der Waals surface area contributed by atoms with Gasteiger partial charge in [0.05, 0.1) is 6.10 Å². The van der Waals surface area contributed by atoms with E-state index in [1.165, 1.54) is 6.07 Å². The van der Waals surface area contributed by atoms with E-state index in [0.717, 1.165) is 26.1 Å². The minimum absolute atomic E-state index is 0.318. The number of ether oxygens (including phenoxy) is 1. The molecule has 1 aromatic rings. The number of aliphatic hydroxyl groups excluding tert-OH is 1. The summed E-state index contributed by atoms with van der Waals surface area (Å²) in [6.45, 7) is 1.52. The summed E-state index contributed by atoms with van der Waals surface area (Å²) in [6.07, 6.45) is 1.87. The SMILES string of the molecule is OC(CC1CCOCC1)c1ccccc1F. The van der Waals surface area contributed by atoms with Crippen LogP contribution in [0.2, 0.25) is 0 Å². The van der Waals surface area contributed by atoms with Crippen molar-refractivity contribution < 1.29 is 14.2 Å². The molecule has 1 unspecified atom stereocenters. The molecule has 2 nitrogen and oxygen atoms in total. The first-order valence-electron chi connectivity index (χ1n) is 5.77. The lowest BCUT2D eigenvalue weighted by atomic mass is 9.91. The highest BCUT2D eigenvalue weighted by Crippen LogP contribution is 2.28. The third kappa shape index (κ3) is 2.80. The Labute approximate surface area is 95.1 Å². The van der Waals surface area contributed by atoms with E-state index in [-0.39, 0.29) is 5.82 Å². The number of hydrogen-bond acceptors (Lipinski definition) is 2. The molecule has 2 rings (SSSR count). The van der Waals surface area contributed by atoms with E-state index >= 15 is 0 Å². The fourth-order valence-electron chi connectivity index (χ4n) is 2.17. The van der Waals surface area contributed by atoms with Crippen LogP contribution >= 0.6 is 0 Å². The molecule has 1 aliphatic rings. The summed E-state index contributed by atoms with van der Waals surface area (Å²) in [7, 11) is 0. The molecule has 1 fully saturated rings. The van der Waals surface area contributed by atoms with E-state index in [1.54, 1.807) is 18.2 Å². The second-order valence-corrected chi connectivity index (χ2v) is 4.33. The van der Waals surface area contributed by atoms with Crippen molar-refractivity contribution in [3.8, 4) is 0 Å². The predicted octanol–water partition coefficient (Wildman–Crippen LogP) is 2.68. The van der Waals surface area contributed by atoms with Gasteiger partial charge in [0.15, 0.2) is 0 Å². The number of rotatable bonds is 3. The fourth-order valence-corrected chi connectivity index (χ4v) is 2.17. The number of hydrogen-bond donors (Lipinski definition) is 1. The Morgan fingerprint density at radius 3 is 2.69 bits per heavy atom. The fraction of sp³-hybridized carbons (Fsp3) is 0.538. The largest absolute Gasteiger partial charge is 0.388 e.